The molecule has 1 fully saturated rings. The number of nitrogens with zero attached hydrogens (tertiary/aromatic N) is 5. The fraction of sp³-hybridized carbons (Fsp3) is 0.379. The lowest BCUT2D eigenvalue weighted by atomic mass is 9.95. The predicted octanol–water partition coefficient (Wildman–Crippen LogP) is 1.30. The molecule has 1 saturated heterocycles. The van der Waals surface area contributed by atoms with Gasteiger partial charge in [-0.15, -0.1) is 0 Å². The zero-order valence-corrected chi connectivity index (χ0v) is 24.3. The van der Waals surface area contributed by atoms with E-state index in [0.29, 0.717) is 60.1 Å². The molecule has 43 heavy (non-hydrogen) atoms. The Morgan fingerprint density at radius 1 is 1.12 bits per heavy atom. The highest BCUT2D eigenvalue weighted by atomic mass is 19.1. The fourth-order valence-corrected chi connectivity index (χ4v) is 5.21. The summed E-state index contributed by atoms with van der Waals surface area (Å²) in [6, 6.07) is 8.76. The van der Waals surface area contributed by atoms with Gasteiger partial charge in [0.25, 0.3) is 0 Å². The van der Waals surface area contributed by atoms with Gasteiger partial charge in [-0.1, -0.05) is 12.1 Å². The number of aryl methyl sites for hydroxylation is 1. The third kappa shape index (κ3) is 6.97. The summed E-state index contributed by atoms with van der Waals surface area (Å²) in [6.45, 7) is 1.06. The zero-order chi connectivity index (χ0) is 31.1. The summed E-state index contributed by atoms with van der Waals surface area (Å²) in [5.74, 6) is -0.976. The smallest absolute Gasteiger partial charge is 0.317 e. The Balaban J connectivity index is 0.000000641. The van der Waals surface area contributed by atoms with Gasteiger partial charge >= 0.3 is 5.97 Å². The van der Waals surface area contributed by atoms with Crippen LogP contribution in [-0.4, -0.2) is 89.0 Å². The number of carbonyl (C=O) groups is 4. The van der Waals surface area contributed by atoms with E-state index in [2.05, 4.69) is 25.9 Å². The van der Waals surface area contributed by atoms with Crippen LogP contribution >= 0.6 is 0 Å². The number of hydrogen-bond acceptors (Lipinski definition) is 8. The van der Waals surface area contributed by atoms with E-state index in [4.69, 9.17) is 10.2 Å². The molecular weight excluding hydrogens is 559 g/mol. The Bertz CT molecular complexity index is 1640. The number of likely N-dealkylation sites (N-methyl/N-ethyl adjacent to an activating group) is 1. The van der Waals surface area contributed by atoms with Crippen molar-refractivity contribution in [3.63, 3.8) is 0 Å². The first-order chi connectivity index (χ1) is 20.7. The summed E-state index contributed by atoms with van der Waals surface area (Å²) >= 11 is 0. The van der Waals surface area contributed by atoms with Gasteiger partial charge in [-0.05, 0) is 43.7 Å². The van der Waals surface area contributed by atoms with E-state index in [9.17, 15) is 19.2 Å². The molecule has 1 aliphatic heterocycles. The van der Waals surface area contributed by atoms with Crippen molar-refractivity contribution in [1.82, 2.24) is 35.5 Å². The topological polar surface area (TPSA) is 163 Å². The van der Waals surface area contributed by atoms with E-state index in [1.807, 2.05) is 25.2 Å². The number of nitrogens with one attached hydrogen (secondary N) is 3. The molecule has 1 aliphatic rings. The molecule has 0 saturated carbocycles. The van der Waals surface area contributed by atoms with Gasteiger partial charge in [0, 0.05) is 44.1 Å². The van der Waals surface area contributed by atoms with Gasteiger partial charge in [0.1, 0.15) is 18.6 Å². The summed E-state index contributed by atoms with van der Waals surface area (Å²) in [5, 5.41) is 26.0. The Morgan fingerprint density at radius 2 is 1.86 bits per heavy atom. The third-order valence-electron chi connectivity index (χ3n) is 7.30. The number of rotatable bonds is 9. The number of amides is 2. The summed E-state index contributed by atoms with van der Waals surface area (Å²) in [5.41, 5.74) is 2.53. The molecule has 0 radical (unpaired) electrons. The summed E-state index contributed by atoms with van der Waals surface area (Å²) in [4.78, 5) is 46.9. The van der Waals surface area contributed by atoms with Crippen LogP contribution < -0.4 is 20.9 Å². The Kier molecular flexibility index (Phi) is 10.0. The molecule has 4 N–H and O–H groups in total. The second-order valence-corrected chi connectivity index (χ2v) is 10.1. The van der Waals surface area contributed by atoms with Crippen molar-refractivity contribution in [3.8, 4) is 11.1 Å². The summed E-state index contributed by atoms with van der Waals surface area (Å²) < 4.78 is 18.7. The van der Waals surface area contributed by atoms with Gasteiger partial charge in [-0.25, -0.2) is 4.39 Å². The number of aromatic nitrogens is 4. The first kappa shape index (κ1) is 31.1. The highest BCUT2D eigenvalue weighted by molar-refractivity contribution is 6.04. The van der Waals surface area contributed by atoms with Gasteiger partial charge < -0.3 is 30.8 Å². The lowest BCUT2D eigenvalue weighted by molar-refractivity contribution is -0.135. The maximum absolute atomic E-state index is 15.4. The van der Waals surface area contributed by atoms with Crippen molar-refractivity contribution < 1.29 is 28.7 Å². The van der Waals surface area contributed by atoms with Crippen molar-refractivity contribution in [2.24, 2.45) is 13.0 Å². The van der Waals surface area contributed by atoms with Gasteiger partial charge in [0.15, 0.2) is 5.82 Å². The number of anilines is 1. The number of piperidine rings is 1. The highest BCUT2D eigenvalue weighted by Gasteiger charge is 2.28. The molecule has 5 rings (SSSR count). The number of carboxylic acid groups (broad SMARTS) is 1. The van der Waals surface area contributed by atoms with Crippen LogP contribution in [0.15, 0.2) is 36.5 Å². The molecular formula is C29H35FN8O5. The third-order valence-corrected chi connectivity index (χ3v) is 7.30. The zero-order valence-electron chi connectivity index (χ0n) is 24.3. The maximum Gasteiger partial charge on any atom is 0.317 e. The SMILES string of the molecule is CNC(=O)C1CCN(c2nn(CC(=O)NCC=O)c3cccc(-c4cc5c(cnn5C)cc4F)c23)CC1.CNCC(=O)O. The molecule has 228 valence electrons. The number of carboxylic acids is 1. The number of benzene rings is 2. The summed E-state index contributed by atoms with van der Waals surface area (Å²) in [6.07, 6.45) is 3.56. The van der Waals surface area contributed by atoms with Gasteiger partial charge in [-0.3, -0.25) is 23.7 Å². The lowest BCUT2D eigenvalue weighted by Gasteiger charge is -2.31. The number of fused-ring (bicyclic) bond motifs is 2. The predicted molar refractivity (Wildman–Crippen MR) is 159 cm³/mol. The quantitative estimate of drug-likeness (QED) is 0.209. The monoisotopic (exact) mass is 594 g/mol. The van der Waals surface area contributed by atoms with Crippen LogP contribution in [0.25, 0.3) is 32.9 Å². The fourth-order valence-electron chi connectivity index (χ4n) is 5.21. The first-order valence-corrected chi connectivity index (χ1v) is 13.8. The lowest BCUT2D eigenvalue weighted by Crippen LogP contribution is -2.40. The van der Waals surface area contributed by atoms with E-state index in [-0.39, 0.29) is 43.2 Å². The van der Waals surface area contributed by atoms with E-state index in [1.54, 1.807) is 35.7 Å². The number of aldehydes is 1. The average Bonchev–Trinajstić information content (AvgIpc) is 3.55. The summed E-state index contributed by atoms with van der Waals surface area (Å²) in [7, 11) is 5.04. The average molecular weight is 595 g/mol. The van der Waals surface area contributed by atoms with E-state index >= 15 is 4.39 Å². The molecule has 2 amide bonds. The van der Waals surface area contributed by atoms with Gasteiger partial charge in [-0.2, -0.15) is 10.2 Å². The van der Waals surface area contributed by atoms with Crippen LogP contribution in [0.5, 0.6) is 0 Å². The molecule has 3 heterocycles. The van der Waals surface area contributed by atoms with Crippen molar-refractivity contribution >= 4 is 51.7 Å². The molecule has 2 aromatic carbocycles. The van der Waals surface area contributed by atoms with Crippen molar-refractivity contribution in [2.75, 3.05) is 45.2 Å². The number of aliphatic carboxylic acids is 1. The highest BCUT2D eigenvalue weighted by Crippen LogP contribution is 2.39. The number of hydrogen-bond donors (Lipinski definition) is 4. The minimum absolute atomic E-state index is 0.0223. The molecule has 14 heteroatoms. The van der Waals surface area contributed by atoms with E-state index in [1.165, 1.54) is 6.07 Å². The molecule has 13 nitrogen and oxygen atoms in total. The second-order valence-electron chi connectivity index (χ2n) is 10.1. The molecule has 0 spiro atoms. The number of carbonyl (C=O) groups excluding carboxylic acids is 3. The molecule has 0 bridgehead atoms. The van der Waals surface area contributed by atoms with Crippen LogP contribution in [0.3, 0.4) is 0 Å². The molecule has 2 aromatic heterocycles. The standard InChI is InChI=1S/C26H28FN7O3.C3H7NO2/c1-28-26(37)16-6-9-33(10-7-16)25-24-18(19-13-22-17(12-20(19)27)14-30-32(22)2)4-3-5-21(24)34(31-25)15-23(36)29-8-11-35;1-4-2-3(5)6/h3-5,11-14,16H,6-10,15H2,1-2H3,(H,28,37)(H,29,36);4H,2H2,1H3,(H,5,6). The Morgan fingerprint density at radius 3 is 2.49 bits per heavy atom. The molecule has 0 aliphatic carbocycles. The van der Waals surface area contributed by atoms with Crippen LogP contribution in [0.1, 0.15) is 12.8 Å². The normalized spacial score (nSPS) is 13.4. The molecule has 4 aromatic rings. The molecule has 0 unspecified atom stereocenters. The first-order valence-electron chi connectivity index (χ1n) is 13.8. The van der Waals surface area contributed by atoms with Crippen LogP contribution in [-0.2, 0) is 32.8 Å². The van der Waals surface area contributed by atoms with Gasteiger partial charge in [0.05, 0.1) is 35.7 Å². The Labute approximate surface area is 247 Å². The number of halogens is 1. The molecule has 0 atom stereocenters. The van der Waals surface area contributed by atoms with Crippen molar-refractivity contribution in [3.05, 3.63) is 42.3 Å². The minimum atomic E-state index is -0.822. The van der Waals surface area contributed by atoms with E-state index < -0.39 is 5.97 Å². The maximum atomic E-state index is 15.4. The van der Waals surface area contributed by atoms with E-state index in [0.717, 1.165) is 10.9 Å². The second kappa shape index (κ2) is 13.9. The minimum Gasteiger partial charge on any atom is -0.480 e. The van der Waals surface area contributed by atoms with Crippen LogP contribution in [0, 0.1) is 11.7 Å². The van der Waals surface area contributed by atoms with Crippen molar-refractivity contribution in [2.45, 2.75) is 19.4 Å². The van der Waals surface area contributed by atoms with Crippen LogP contribution in [0.4, 0.5) is 10.2 Å². The largest absolute Gasteiger partial charge is 0.480 e. The van der Waals surface area contributed by atoms with Crippen molar-refractivity contribution in [1.29, 1.82) is 0 Å². The Hall–Kier alpha value is -4.85. The van der Waals surface area contributed by atoms with Gasteiger partial charge in [0.2, 0.25) is 11.8 Å². The van der Waals surface area contributed by atoms with Crippen LogP contribution in [0.2, 0.25) is 0 Å².